The predicted octanol–water partition coefficient (Wildman–Crippen LogP) is 3.92. The monoisotopic (exact) mass is 278 g/mol. The van der Waals surface area contributed by atoms with Gasteiger partial charge in [0.05, 0.1) is 5.69 Å². The zero-order valence-electron chi connectivity index (χ0n) is 12.6. The summed E-state index contributed by atoms with van der Waals surface area (Å²) in [6.45, 7) is 8.48. The Hall–Kier alpha value is -1.93. The van der Waals surface area contributed by atoms with E-state index in [0.29, 0.717) is 0 Å². The minimum Gasteiger partial charge on any atom is -0.285 e. The van der Waals surface area contributed by atoms with Crippen LogP contribution in [0.1, 0.15) is 29.7 Å². The molecule has 21 heavy (non-hydrogen) atoms. The van der Waals surface area contributed by atoms with Crippen LogP contribution in [-0.2, 0) is 5.54 Å². The molecule has 108 valence electrons. The second-order valence-corrected chi connectivity index (χ2v) is 5.75. The van der Waals surface area contributed by atoms with E-state index < -0.39 is 0 Å². The van der Waals surface area contributed by atoms with Crippen LogP contribution in [0.25, 0.3) is 0 Å². The number of nitrogens with zero attached hydrogens (tertiary/aromatic N) is 2. The standard InChI is InChI=1S/C19H22N2/c1-3-19(21-14-6-7-15-21,18-8-4-5-13-20-18)17-11-9-16(2)10-12-17/h3-5,8-13H,1,6-7,14-15H2,2H3. The predicted molar refractivity (Wildman–Crippen MR) is 87.2 cm³/mol. The maximum atomic E-state index is 4.65. The third-order valence-electron chi connectivity index (χ3n) is 4.45. The lowest BCUT2D eigenvalue weighted by Crippen LogP contribution is -2.44. The van der Waals surface area contributed by atoms with Gasteiger partial charge in [0.1, 0.15) is 5.54 Å². The average Bonchev–Trinajstić information content (AvgIpc) is 3.06. The summed E-state index contributed by atoms with van der Waals surface area (Å²) >= 11 is 0. The van der Waals surface area contributed by atoms with E-state index in [0.717, 1.165) is 18.8 Å². The highest BCUT2D eigenvalue weighted by molar-refractivity contribution is 5.41. The van der Waals surface area contributed by atoms with Crippen LogP contribution < -0.4 is 0 Å². The van der Waals surface area contributed by atoms with Gasteiger partial charge in [-0.2, -0.15) is 0 Å². The first kappa shape index (κ1) is 14.0. The van der Waals surface area contributed by atoms with Crippen LogP contribution in [0.2, 0.25) is 0 Å². The Morgan fingerprint density at radius 3 is 2.38 bits per heavy atom. The molecule has 1 saturated heterocycles. The minimum absolute atomic E-state index is 0.314. The highest BCUT2D eigenvalue weighted by Crippen LogP contribution is 2.38. The van der Waals surface area contributed by atoms with E-state index >= 15 is 0 Å². The topological polar surface area (TPSA) is 16.1 Å². The number of benzene rings is 1. The number of likely N-dealkylation sites (tertiary alicyclic amines) is 1. The van der Waals surface area contributed by atoms with E-state index in [4.69, 9.17) is 0 Å². The summed E-state index contributed by atoms with van der Waals surface area (Å²) in [6.07, 6.45) is 6.42. The van der Waals surface area contributed by atoms with Gasteiger partial charge >= 0.3 is 0 Å². The van der Waals surface area contributed by atoms with E-state index in [2.05, 4.69) is 65.9 Å². The largest absolute Gasteiger partial charge is 0.285 e. The van der Waals surface area contributed by atoms with Gasteiger partial charge in [-0.3, -0.25) is 9.88 Å². The SMILES string of the molecule is C=CC(c1ccc(C)cc1)(c1ccccn1)N1CCCC1. The molecule has 0 aliphatic carbocycles. The number of rotatable bonds is 4. The number of hydrogen-bond acceptors (Lipinski definition) is 2. The molecule has 1 aliphatic rings. The summed E-state index contributed by atoms with van der Waals surface area (Å²) in [5.74, 6) is 0. The summed E-state index contributed by atoms with van der Waals surface area (Å²) in [5, 5.41) is 0. The summed E-state index contributed by atoms with van der Waals surface area (Å²) < 4.78 is 0. The maximum absolute atomic E-state index is 4.65. The number of aryl methyl sites for hydroxylation is 1. The van der Waals surface area contributed by atoms with Crippen LogP contribution in [0.15, 0.2) is 61.3 Å². The molecule has 1 aromatic heterocycles. The first-order chi connectivity index (χ1) is 10.3. The van der Waals surface area contributed by atoms with Gasteiger partial charge in [0.2, 0.25) is 0 Å². The molecule has 2 aromatic rings. The third kappa shape index (κ3) is 2.40. The Balaban J connectivity index is 2.17. The molecular weight excluding hydrogens is 256 g/mol. The van der Waals surface area contributed by atoms with E-state index in [1.807, 2.05) is 12.3 Å². The van der Waals surface area contributed by atoms with Gasteiger partial charge in [-0.25, -0.2) is 0 Å². The Bertz CT molecular complexity index is 597. The van der Waals surface area contributed by atoms with Crippen LogP contribution >= 0.6 is 0 Å². The summed E-state index contributed by atoms with van der Waals surface area (Å²) in [7, 11) is 0. The molecule has 2 heterocycles. The third-order valence-corrected chi connectivity index (χ3v) is 4.45. The average molecular weight is 278 g/mol. The van der Waals surface area contributed by atoms with Crippen molar-refractivity contribution < 1.29 is 0 Å². The Morgan fingerprint density at radius 2 is 1.81 bits per heavy atom. The highest BCUT2D eigenvalue weighted by Gasteiger charge is 2.39. The fourth-order valence-corrected chi connectivity index (χ4v) is 3.31. The Kier molecular flexibility index (Phi) is 3.89. The number of pyridine rings is 1. The Morgan fingerprint density at radius 1 is 1.10 bits per heavy atom. The van der Waals surface area contributed by atoms with Crippen LogP contribution in [-0.4, -0.2) is 23.0 Å². The molecule has 1 aliphatic heterocycles. The molecule has 2 nitrogen and oxygen atoms in total. The second-order valence-electron chi connectivity index (χ2n) is 5.75. The molecule has 3 rings (SSSR count). The normalized spacial score (nSPS) is 18.3. The maximum Gasteiger partial charge on any atom is 0.107 e. The highest BCUT2D eigenvalue weighted by atomic mass is 15.2. The van der Waals surface area contributed by atoms with Gasteiger partial charge in [-0.15, -0.1) is 6.58 Å². The van der Waals surface area contributed by atoms with Crippen molar-refractivity contribution >= 4 is 0 Å². The number of aromatic nitrogens is 1. The van der Waals surface area contributed by atoms with Crippen molar-refractivity contribution in [1.29, 1.82) is 0 Å². The molecule has 0 spiro atoms. The first-order valence-corrected chi connectivity index (χ1v) is 7.64. The lowest BCUT2D eigenvalue weighted by atomic mass is 9.84. The van der Waals surface area contributed by atoms with Crippen LogP contribution in [0, 0.1) is 6.92 Å². The molecule has 1 unspecified atom stereocenters. The zero-order valence-corrected chi connectivity index (χ0v) is 12.6. The van der Waals surface area contributed by atoms with Gasteiger partial charge < -0.3 is 0 Å². The first-order valence-electron chi connectivity index (χ1n) is 7.64. The summed E-state index contributed by atoms with van der Waals surface area (Å²) in [4.78, 5) is 7.16. The molecular formula is C19H22N2. The van der Waals surface area contributed by atoms with Crippen molar-refractivity contribution in [2.75, 3.05) is 13.1 Å². The van der Waals surface area contributed by atoms with Gasteiger partial charge in [0, 0.05) is 6.20 Å². The molecule has 1 fully saturated rings. The van der Waals surface area contributed by atoms with E-state index in [1.165, 1.54) is 24.0 Å². The van der Waals surface area contributed by atoms with Gasteiger partial charge in [-0.1, -0.05) is 42.0 Å². The Labute approximate surface area is 127 Å². The fourth-order valence-electron chi connectivity index (χ4n) is 3.31. The summed E-state index contributed by atoms with van der Waals surface area (Å²) in [6, 6.07) is 14.9. The molecule has 0 bridgehead atoms. The number of hydrogen-bond donors (Lipinski definition) is 0. The molecule has 0 radical (unpaired) electrons. The van der Waals surface area contributed by atoms with Crippen molar-refractivity contribution in [3.8, 4) is 0 Å². The molecule has 2 heteroatoms. The van der Waals surface area contributed by atoms with Crippen LogP contribution in [0.3, 0.4) is 0 Å². The summed E-state index contributed by atoms with van der Waals surface area (Å²) in [5.41, 5.74) is 3.28. The van der Waals surface area contributed by atoms with Crippen molar-refractivity contribution in [1.82, 2.24) is 9.88 Å². The van der Waals surface area contributed by atoms with E-state index in [-0.39, 0.29) is 5.54 Å². The van der Waals surface area contributed by atoms with Gasteiger partial charge in [-0.05, 0) is 50.6 Å². The van der Waals surface area contributed by atoms with Crippen LogP contribution in [0.4, 0.5) is 0 Å². The molecule has 1 aromatic carbocycles. The second kappa shape index (κ2) is 5.82. The molecule has 0 saturated carbocycles. The van der Waals surface area contributed by atoms with Crippen molar-refractivity contribution in [3.63, 3.8) is 0 Å². The lowest BCUT2D eigenvalue weighted by Gasteiger charge is -2.39. The van der Waals surface area contributed by atoms with E-state index in [9.17, 15) is 0 Å². The van der Waals surface area contributed by atoms with Crippen molar-refractivity contribution in [3.05, 3.63) is 78.1 Å². The lowest BCUT2D eigenvalue weighted by molar-refractivity contribution is 0.203. The fraction of sp³-hybridized carbons (Fsp3) is 0.316. The smallest absolute Gasteiger partial charge is 0.107 e. The van der Waals surface area contributed by atoms with Gasteiger partial charge in [0.25, 0.3) is 0 Å². The van der Waals surface area contributed by atoms with Gasteiger partial charge in [0.15, 0.2) is 0 Å². The minimum atomic E-state index is -0.314. The van der Waals surface area contributed by atoms with E-state index in [1.54, 1.807) is 0 Å². The van der Waals surface area contributed by atoms with Crippen molar-refractivity contribution in [2.24, 2.45) is 0 Å². The van der Waals surface area contributed by atoms with Crippen LogP contribution in [0.5, 0.6) is 0 Å². The molecule has 1 atom stereocenters. The zero-order chi connectivity index (χ0) is 14.7. The molecule has 0 amide bonds. The quantitative estimate of drug-likeness (QED) is 0.788. The molecule has 0 N–H and O–H groups in total. The van der Waals surface area contributed by atoms with Crippen molar-refractivity contribution in [2.45, 2.75) is 25.3 Å².